The van der Waals surface area contributed by atoms with Gasteiger partial charge in [0.2, 0.25) is 5.91 Å². The minimum Gasteiger partial charge on any atom is -0.365 e. The van der Waals surface area contributed by atoms with Gasteiger partial charge in [0, 0.05) is 38.4 Å². The van der Waals surface area contributed by atoms with Crippen LogP contribution in [0.15, 0.2) is 17.2 Å². The number of nitrogens with one attached hydrogen (secondary N) is 2. The van der Waals surface area contributed by atoms with Gasteiger partial charge in [-0.25, -0.2) is 4.98 Å². The van der Waals surface area contributed by atoms with Crippen molar-refractivity contribution in [3.05, 3.63) is 22.7 Å². The summed E-state index contributed by atoms with van der Waals surface area (Å²) in [7, 11) is 0. The number of aryl methyl sites for hydroxylation is 1. The highest BCUT2D eigenvalue weighted by Gasteiger charge is 2.04. The van der Waals surface area contributed by atoms with Crippen molar-refractivity contribution in [3.8, 4) is 0 Å². The second-order valence-corrected chi connectivity index (χ2v) is 3.89. The van der Waals surface area contributed by atoms with E-state index in [0.717, 1.165) is 6.42 Å². The Morgan fingerprint density at radius 3 is 2.83 bits per heavy atom. The van der Waals surface area contributed by atoms with Gasteiger partial charge in [-0.3, -0.25) is 9.59 Å². The number of amides is 1. The molecule has 0 aromatic carbocycles. The maximum Gasteiger partial charge on any atom is 0.293 e. The fourth-order valence-corrected chi connectivity index (χ4v) is 1.46. The van der Waals surface area contributed by atoms with Crippen LogP contribution in [-0.2, 0) is 11.3 Å². The molecule has 1 aromatic heterocycles. The molecule has 0 aliphatic rings. The Labute approximate surface area is 106 Å². The quantitative estimate of drug-likeness (QED) is 0.744. The largest absolute Gasteiger partial charge is 0.365 e. The van der Waals surface area contributed by atoms with Gasteiger partial charge in [0.25, 0.3) is 5.56 Å². The predicted octanol–water partition coefficient (Wildman–Crippen LogP) is 0.591. The lowest BCUT2D eigenvalue weighted by Crippen LogP contribution is -2.28. The van der Waals surface area contributed by atoms with Crippen LogP contribution in [0.25, 0.3) is 0 Å². The van der Waals surface area contributed by atoms with Gasteiger partial charge < -0.3 is 15.2 Å². The minimum atomic E-state index is -0.158. The van der Waals surface area contributed by atoms with Crippen LogP contribution in [0.1, 0.15) is 26.7 Å². The summed E-state index contributed by atoms with van der Waals surface area (Å²) in [6.07, 6.45) is 4.47. The van der Waals surface area contributed by atoms with Crippen LogP contribution in [0.3, 0.4) is 0 Å². The Bertz CT molecular complexity index is 442. The second-order valence-electron chi connectivity index (χ2n) is 3.89. The normalized spacial score (nSPS) is 10.1. The van der Waals surface area contributed by atoms with E-state index in [1.165, 1.54) is 0 Å². The first-order valence-corrected chi connectivity index (χ1v) is 6.25. The summed E-state index contributed by atoms with van der Waals surface area (Å²) in [5.41, 5.74) is -0.158. The van der Waals surface area contributed by atoms with Crippen molar-refractivity contribution in [3.63, 3.8) is 0 Å². The van der Waals surface area contributed by atoms with Gasteiger partial charge in [-0.1, -0.05) is 6.92 Å². The molecule has 6 nitrogen and oxygen atoms in total. The zero-order chi connectivity index (χ0) is 13.4. The summed E-state index contributed by atoms with van der Waals surface area (Å²) < 4.78 is 1.56. The Hall–Kier alpha value is -1.85. The van der Waals surface area contributed by atoms with E-state index in [1.807, 2.05) is 13.8 Å². The van der Waals surface area contributed by atoms with Crippen molar-refractivity contribution in [1.29, 1.82) is 0 Å². The van der Waals surface area contributed by atoms with Gasteiger partial charge in [-0.15, -0.1) is 0 Å². The zero-order valence-electron chi connectivity index (χ0n) is 10.9. The molecule has 1 aromatic rings. The van der Waals surface area contributed by atoms with Crippen LogP contribution >= 0.6 is 0 Å². The molecule has 0 saturated carbocycles. The molecule has 1 rings (SSSR count). The standard InChI is InChI=1S/C12H20N4O2/c1-3-6-13-10(17)5-7-14-11-12(18)16(4-2)9-8-15-11/h8-9H,3-7H2,1-2H3,(H,13,17)(H,14,15). The fraction of sp³-hybridized carbons (Fsp3) is 0.583. The van der Waals surface area contributed by atoms with Crippen LogP contribution in [0.5, 0.6) is 0 Å². The van der Waals surface area contributed by atoms with Gasteiger partial charge in [0.15, 0.2) is 5.82 Å². The lowest BCUT2D eigenvalue weighted by Gasteiger charge is -2.07. The third-order valence-corrected chi connectivity index (χ3v) is 2.47. The molecular formula is C12H20N4O2. The Balaban J connectivity index is 2.44. The number of carbonyl (C=O) groups is 1. The molecule has 0 unspecified atom stereocenters. The van der Waals surface area contributed by atoms with E-state index < -0.39 is 0 Å². The first-order valence-electron chi connectivity index (χ1n) is 6.25. The molecule has 100 valence electrons. The number of hydrogen-bond donors (Lipinski definition) is 2. The molecule has 18 heavy (non-hydrogen) atoms. The van der Waals surface area contributed by atoms with Crippen LogP contribution in [0, 0.1) is 0 Å². The summed E-state index contributed by atoms with van der Waals surface area (Å²) in [4.78, 5) is 27.1. The molecule has 0 saturated heterocycles. The molecule has 0 radical (unpaired) electrons. The van der Waals surface area contributed by atoms with E-state index in [1.54, 1.807) is 17.0 Å². The molecule has 2 N–H and O–H groups in total. The number of carbonyl (C=O) groups excluding carboxylic acids is 1. The Kier molecular flexibility index (Phi) is 5.90. The average molecular weight is 252 g/mol. The minimum absolute atomic E-state index is 0.0175. The maximum atomic E-state index is 11.8. The van der Waals surface area contributed by atoms with Gasteiger partial charge in [0.1, 0.15) is 0 Å². The lowest BCUT2D eigenvalue weighted by atomic mass is 10.3. The molecule has 0 spiro atoms. The number of aromatic nitrogens is 2. The first-order chi connectivity index (χ1) is 8.69. The van der Waals surface area contributed by atoms with Crippen LogP contribution in [0.4, 0.5) is 5.82 Å². The third kappa shape index (κ3) is 4.20. The molecular weight excluding hydrogens is 232 g/mol. The summed E-state index contributed by atoms with van der Waals surface area (Å²) in [5.74, 6) is 0.277. The SMILES string of the molecule is CCCNC(=O)CCNc1nccn(CC)c1=O. The van der Waals surface area contributed by atoms with E-state index in [0.29, 0.717) is 31.9 Å². The van der Waals surface area contributed by atoms with Crippen molar-refractivity contribution >= 4 is 11.7 Å². The van der Waals surface area contributed by atoms with Crippen molar-refractivity contribution in [2.75, 3.05) is 18.4 Å². The number of rotatable bonds is 7. The molecule has 6 heteroatoms. The van der Waals surface area contributed by atoms with Crippen LogP contribution in [-0.4, -0.2) is 28.5 Å². The number of anilines is 1. The van der Waals surface area contributed by atoms with Crippen molar-refractivity contribution in [2.45, 2.75) is 33.2 Å². The number of nitrogens with zero attached hydrogens (tertiary/aromatic N) is 2. The van der Waals surface area contributed by atoms with Crippen LogP contribution < -0.4 is 16.2 Å². The van der Waals surface area contributed by atoms with E-state index in [4.69, 9.17) is 0 Å². The maximum absolute atomic E-state index is 11.8. The van der Waals surface area contributed by atoms with Gasteiger partial charge in [-0.05, 0) is 13.3 Å². The van der Waals surface area contributed by atoms with Crippen molar-refractivity contribution < 1.29 is 4.79 Å². The zero-order valence-corrected chi connectivity index (χ0v) is 10.9. The fourth-order valence-electron chi connectivity index (χ4n) is 1.46. The monoisotopic (exact) mass is 252 g/mol. The van der Waals surface area contributed by atoms with Crippen molar-refractivity contribution in [1.82, 2.24) is 14.9 Å². The molecule has 0 aliphatic heterocycles. The Morgan fingerprint density at radius 1 is 1.39 bits per heavy atom. The third-order valence-electron chi connectivity index (χ3n) is 2.47. The molecule has 0 atom stereocenters. The van der Waals surface area contributed by atoms with E-state index >= 15 is 0 Å². The summed E-state index contributed by atoms with van der Waals surface area (Å²) in [5, 5.41) is 5.66. The highest BCUT2D eigenvalue weighted by atomic mass is 16.1. The molecule has 1 heterocycles. The van der Waals surface area contributed by atoms with Crippen LogP contribution in [0.2, 0.25) is 0 Å². The molecule has 1 amide bonds. The highest BCUT2D eigenvalue weighted by molar-refractivity contribution is 5.76. The topological polar surface area (TPSA) is 76.0 Å². The Morgan fingerprint density at radius 2 is 2.17 bits per heavy atom. The molecule has 0 fully saturated rings. The predicted molar refractivity (Wildman–Crippen MR) is 70.6 cm³/mol. The number of hydrogen-bond acceptors (Lipinski definition) is 4. The van der Waals surface area contributed by atoms with E-state index in [2.05, 4.69) is 15.6 Å². The smallest absolute Gasteiger partial charge is 0.293 e. The van der Waals surface area contributed by atoms with E-state index in [9.17, 15) is 9.59 Å². The van der Waals surface area contributed by atoms with Crippen molar-refractivity contribution in [2.24, 2.45) is 0 Å². The van der Waals surface area contributed by atoms with Gasteiger partial charge >= 0.3 is 0 Å². The summed E-state index contributed by atoms with van der Waals surface area (Å²) in [6.45, 7) is 5.59. The first kappa shape index (κ1) is 14.2. The highest BCUT2D eigenvalue weighted by Crippen LogP contribution is 1.93. The summed E-state index contributed by atoms with van der Waals surface area (Å²) in [6, 6.07) is 0. The average Bonchev–Trinajstić information content (AvgIpc) is 2.38. The summed E-state index contributed by atoms with van der Waals surface area (Å²) >= 11 is 0. The molecule has 0 aliphatic carbocycles. The van der Waals surface area contributed by atoms with Gasteiger partial charge in [-0.2, -0.15) is 0 Å². The van der Waals surface area contributed by atoms with Gasteiger partial charge in [0.05, 0.1) is 0 Å². The van der Waals surface area contributed by atoms with E-state index in [-0.39, 0.29) is 11.5 Å². The second kappa shape index (κ2) is 7.47. The lowest BCUT2D eigenvalue weighted by molar-refractivity contribution is -0.120. The molecule has 0 bridgehead atoms.